The topological polar surface area (TPSA) is 127 Å². The average molecular weight is 673 g/mol. The molecule has 13 heteroatoms. The highest BCUT2D eigenvalue weighted by Crippen LogP contribution is 2.54. The minimum Gasteiger partial charge on any atom is -0.497 e. The molecule has 3 heterocycles. The lowest BCUT2D eigenvalue weighted by Gasteiger charge is -2.31. The average Bonchev–Trinajstić information content (AvgIpc) is 3.51. The lowest BCUT2D eigenvalue weighted by molar-refractivity contribution is -0.122. The maximum Gasteiger partial charge on any atom is 0.338 e. The minimum absolute atomic E-state index is 0.248. The lowest BCUT2D eigenvalue weighted by atomic mass is 9.83. The number of anilines is 3. The molecule has 0 saturated carbocycles. The van der Waals surface area contributed by atoms with Crippen molar-refractivity contribution < 1.29 is 28.7 Å². The summed E-state index contributed by atoms with van der Waals surface area (Å²) in [6.07, 6.45) is 0. The molecule has 11 nitrogen and oxygen atoms in total. The minimum atomic E-state index is -0.811. The summed E-state index contributed by atoms with van der Waals surface area (Å²) in [5.41, 5.74) is 2.99. The van der Waals surface area contributed by atoms with Gasteiger partial charge in [-0.05, 0) is 73.2 Å². The summed E-state index contributed by atoms with van der Waals surface area (Å²) in [7, 11) is 5.40. The molecule has 0 spiro atoms. The number of amides is 3. The Morgan fingerprint density at radius 3 is 2.21 bits per heavy atom. The summed E-state index contributed by atoms with van der Waals surface area (Å²) in [4.78, 5) is 70.2. The molecular formula is C34H32N4O7S2. The quantitative estimate of drug-likeness (QED) is 0.201. The van der Waals surface area contributed by atoms with Crippen LogP contribution in [0.2, 0.25) is 0 Å². The number of carbonyl (C=O) groups is 4. The Kier molecular flexibility index (Phi) is 8.93. The molecule has 3 aromatic carbocycles. The van der Waals surface area contributed by atoms with Gasteiger partial charge in [-0.25, -0.2) is 9.69 Å². The van der Waals surface area contributed by atoms with Gasteiger partial charge in [0.15, 0.2) is 0 Å². The Morgan fingerprint density at radius 2 is 1.60 bits per heavy atom. The number of methoxy groups -OCH3 is 1. The van der Waals surface area contributed by atoms with E-state index in [4.69, 9.17) is 9.47 Å². The first-order valence-electron chi connectivity index (χ1n) is 14.9. The van der Waals surface area contributed by atoms with Crippen molar-refractivity contribution in [1.82, 2.24) is 4.57 Å². The number of ether oxygens (including phenoxy) is 2. The largest absolute Gasteiger partial charge is 0.497 e. The predicted octanol–water partition coefficient (Wildman–Crippen LogP) is 4.60. The Labute approximate surface area is 279 Å². The number of aromatic nitrogens is 1. The highest BCUT2D eigenvalue weighted by Gasteiger charge is 2.56. The summed E-state index contributed by atoms with van der Waals surface area (Å²) < 4.78 is 11.6. The van der Waals surface area contributed by atoms with Crippen LogP contribution in [0.3, 0.4) is 0 Å². The molecule has 1 N–H and O–H groups in total. The first kappa shape index (κ1) is 32.1. The highest BCUT2D eigenvalue weighted by molar-refractivity contribution is 8.00. The van der Waals surface area contributed by atoms with Crippen LogP contribution < -0.4 is 24.7 Å². The second-order valence-electron chi connectivity index (χ2n) is 11.2. The smallest absolute Gasteiger partial charge is 0.338 e. The lowest BCUT2D eigenvalue weighted by Crippen LogP contribution is -2.33. The van der Waals surface area contributed by atoms with Crippen LogP contribution in [0.5, 0.6) is 5.75 Å². The molecule has 2 aliphatic heterocycles. The van der Waals surface area contributed by atoms with E-state index in [9.17, 15) is 24.0 Å². The predicted molar refractivity (Wildman–Crippen MR) is 181 cm³/mol. The highest BCUT2D eigenvalue weighted by atomic mass is 32.2. The molecule has 3 unspecified atom stereocenters. The molecule has 47 heavy (non-hydrogen) atoms. The number of fused-ring (bicyclic) bond motifs is 2. The number of benzene rings is 3. The molecular weight excluding hydrogens is 641 g/mol. The van der Waals surface area contributed by atoms with Crippen molar-refractivity contribution in [3.05, 3.63) is 98.5 Å². The van der Waals surface area contributed by atoms with E-state index in [0.29, 0.717) is 32.6 Å². The van der Waals surface area contributed by atoms with Crippen LogP contribution in [0.1, 0.15) is 33.6 Å². The molecule has 2 aliphatic rings. The zero-order chi connectivity index (χ0) is 33.4. The molecule has 3 atom stereocenters. The summed E-state index contributed by atoms with van der Waals surface area (Å²) in [5.74, 6) is -2.39. The molecule has 0 aliphatic carbocycles. The maximum atomic E-state index is 14.1. The maximum absolute atomic E-state index is 14.1. The van der Waals surface area contributed by atoms with Crippen molar-refractivity contribution >= 4 is 63.9 Å². The van der Waals surface area contributed by atoms with Crippen LogP contribution in [0.25, 0.3) is 0 Å². The van der Waals surface area contributed by atoms with Crippen molar-refractivity contribution in [1.29, 1.82) is 0 Å². The van der Waals surface area contributed by atoms with Crippen LogP contribution in [0.15, 0.2) is 82.6 Å². The number of nitrogens with one attached hydrogen (secondary N) is 1. The fourth-order valence-corrected chi connectivity index (χ4v) is 8.60. The van der Waals surface area contributed by atoms with E-state index < -0.39 is 29.0 Å². The number of imide groups is 1. The van der Waals surface area contributed by atoms with Crippen molar-refractivity contribution in [2.75, 3.05) is 42.9 Å². The SMILES string of the molecule is CCOC(=O)c1ccc(NC(=O)Cn2c3c(sc2=O)C(c2ccc(N(C)C)cc2)C2C(=O)N(c4ccc(OC)cc4)C(=O)C2S3)cc1. The van der Waals surface area contributed by atoms with E-state index in [1.807, 2.05) is 43.3 Å². The van der Waals surface area contributed by atoms with Gasteiger partial charge >= 0.3 is 10.8 Å². The zero-order valence-electron chi connectivity index (χ0n) is 26.1. The Balaban J connectivity index is 1.34. The van der Waals surface area contributed by atoms with E-state index in [1.165, 1.54) is 9.47 Å². The van der Waals surface area contributed by atoms with Crippen LogP contribution in [0.4, 0.5) is 17.1 Å². The van der Waals surface area contributed by atoms with Gasteiger partial charge in [-0.2, -0.15) is 0 Å². The zero-order valence-corrected chi connectivity index (χ0v) is 27.7. The number of hydrogen-bond acceptors (Lipinski definition) is 10. The molecule has 1 fully saturated rings. The summed E-state index contributed by atoms with van der Waals surface area (Å²) in [6.45, 7) is 1.67. The first-order chi connectivity index (χ1) is 22.6. The first-order valence-corrected chi connectivity index (χ1v) is 16.6. The standard InChI is InChI=1S/C34H32N4O7S2/c1-5-45-33(42)20-6-10-21(11-7-20)35-25(39)18-37-32-29(47-34(37)43)26(19-8-12-22(13-9-19)36(2)3)27-28(46-32)31(41)38(30(27)40)23-14-16-24(44-4)17-15-23/h6-17,26-28H,5,18H2,1-4H3,(H,35,39). The van der Waals surface area contributed by atoms with E-state index in [0.717, 1.165) is 34.3 Å². The van der Waals surface area contributed by atoms with Crippen LogP contribution in [0, 0.1) is 5.92 Å². The number of carbonyl (C=O) groups excluding carboxylic acids is 4. The van der Waals surface area contributed by atoms with E-state index in [1.54, 1.807) is 62.6 Å². The van der Waals surface area contributed by atoms with Gasteiger partial charge in [0.2, 0.25) is 17.7 Å². The van der Waals surface area contributed by atoms with Gasteiger partial charge < -0.3 is 19.7 Å². The Bertz CT molecular complexity index is 1900. The van der Waals surface area contributed by atoms with Gasteiger partial charge in [-0.3, -0.25) is 23.7 Å². The number of esters is 1. The molecule has 1 saturated heterocycles. The monoisotopic (exact) mass is 672 g/mol. The van der Waals surface area contributed by atoms with Crippen molar-refractivity contribution in [3.8, 4) is 5.75 Å². The number of hydrogen-bond donors (Lipinski definition) is 1. The Morgan fingerprint density at radius 1 is 0.915 bits per heavy atom. The molecule has 242 valence electrons. The van der Waals surface area contributed by atoms with Gasteiger partial charge in [0.05, 0.1) is 35.9 Å². The number of thioether (sulfide) groups is 1. The van der Waals surface area contributed by atoms with E-state index >= 15 is 0 Å². The van der Waals surface area contributed by atoms with Crippen molar-refractivity contribution in [2.24, 2.45) is 5.92 Å². The third-order valence-corrected chi connectivity index (χ3v) is 10.7. The molecule has 6 rings (SSSR count). The fourth-order valence-electron chi connectivity index (χ4n) is 5.83. The molecule has 1 aromatic heterocycles. The fraction of sp³-hybridized carbons (Fsp3) is 0.265. The molecule has 3 amide bonds. The second-order valence-corrected chi connectivity index (χ2v) is 13.3. The van der Waals surface area contributed by atoms with Crippen LogP contribution >= 0.6 is 23.1 Å². The Hall–Kier alpha value is -4.88. The number of nitrogens with zero attached hydrogens (tertiary/aromatic N) is 3. The molecule has 0 bridgehead atoms. The van der Waals surface area contributed by atoms with Crippen LogP contribution in [-0.2, 0) is 25.7 Å². The summed E-state index contributed by atoms with van der Waals surface area (Å²) >= 11 is 2.14. The van der Waals surface area contributed by atoms with Crippen molar-refractivity contribution in [3.63, 3.8) is 0 Å². The third-order valence-electron chi connectivity index (χ3n) is 8.13. The van der Waals surface area contributed by atoms with Crippen LogP contribution in [-0.4, -0.2) is 61.3 Å². The normalized spacial score (nSPS) is 18.4. The molecule has 4 aromatic rings. The van der Waals surface area contributed by atoms with Crippen molar-refractivity contribution in [2.45, 2.75) is 29.7 Å². The third kappa shape index (κ3) is 6.03. The van der Waals surface area contributed by atoms with E-state index in [2.05, 4.69) is 5.32 Å². The van der Waals surface area contributed by atoms with Gasteiger partial charge in [-0.1, -0.05) is 35.2 Å². The summed E-state index contributed by atoms with van der Waals surface area (Å²) in [5, 5.41) is 2.46. The number of thiazole rings is 1. The van der Waals surface area contributed by atoms with Gasteiger partial charge in [0, 0.05) is 36.3 Å². The van der Waals surface area contributed by atoms with Gasteiger partial charge in [-0.15, -0.1) is 0 Å². The number of rotatable bonds is 9. The second kappa shape index (κ2) is 13.1. The summed E-state index contributed by atoms with van der Waals surface area (Å²) in [6, 6.07) is 20.7. The van der Waals surface area contributed by atoms with Gasteiger partial charge in [0.1, 0.15) is 17.5 Å². The van der Waals surface area contributed by atoms with E-state index in [-0.39, 0.29) is 29.8 Å². The van der Waals surface area contributed by atoms with Gasteiger partial charge in [0.25, 0.3) is 0 Å². The molecule has 0 radical (unpaired) electrons.